The van der Waals surface area contributed by atoms with Gasteiger partial charge < -0.3 is 5.73 Å². The number of aryl methyl sites for hydroxylation is 1. The number of nitrogens with zero attached hydrogens (tertiary/aromatic N) is 3. The number of fused-ring (bicyclic) bond motifs is 2. The zero-order valence-electron chi connectivity index (χ0n) is 10.3. The van der Waals surface area contributed by atoms with E-state index in [1.807, 2.05) is 0 Å². The van der Waals surface area contributed by atoms with Gasteiger partial charge in [0.25, 0.3) is 0 Å². The van der Waals surface area contributed by atoms with Gasteiger partial charge >= 0.3 is 0 Å². The van der Waals surface area contributed by atoms with E-state index in [9.17, 15) is 9.59 Å². The molecule has 6 heteroatoms. The monoisotopic (exact) mass is 248 g/mol. The van der Waals surface area contributed by atoms with E-state index >= 15 is 0 Å². The van der Waals surface area contributed by atoms with Crippen LogP contribution in [0.1, 0.15) is 24.8 Å². The molecule has 2 heterocycles. The van der Waals surface area contributed by atoms with Gasteiger partial charge in [0.1, 0.15) is 5.82 Å². The molecule has 2 unspecified atom stereocenters. The zero-order chi connectivity index (χ0) is 12.9. The summed E-state index contributed by atoms with van der Waals surface area (Å²) < 4.78 is 1.56. The lowest BCUT2D eigenvalue weighted by molar-refractivity contribution is -0.133. The molecule has 0 aromatic carbocycles. The number of hydrogen-bond donors (Lipinski definition) is 1. The van der Waals surface area contributed by atoms with E-state index < -0.39 is 0 Å². The van der Waals surface area contributed by atoms with Gasteiger partial charge in [0, 0.05) is 31.0 Å². The average molecular weight is 248 g/mol. The van der Waals surface area contributed by atoms with E-state index in [2.05, 4.69) is 5.10 Å². The molecule has 2 aliphatic rings. The molecule has 2 atom stereocenters. The Morgan fingerprint density at radius 3 is 2.50 bits per heavy atom. The number of imide groups is 1. The van der Waals surface area contributed by atoms with Crippen LogP contribution in [0.2, 0.25) is 0 Å². The molecule has 18 heavy (non-hydrogen) atoms. The van der Waals surface area contributed by atoms with Crippen LogP contribution in [0.3, 0.4) is 0 Å². The normalized spacial score (nSPS) is 27.1. The molecule has 2 fully saturated rings. The lowest BCUT2D eigenvalue weighted by atomic mass is 9.97. The van der Waals surface area contributed by atoms with Crippen molar-refractivity contribution in [1.82, 2.24) is 9.78 Å². The van der Waals surface area contributed by atoms with Gasteiger partial charge in [-0.15, -0.1) is 0 Å². The van der Waals surface area contributed by atoms with E-state index in [4.69, 9.17) is 5.73 Å². The summed E-state index contributed by atoms with van der Waals surface area (Å²) in [6.45, 7) is 0.273. The quantitative estimate of drug-likeness (QED) is 0.756. The Labute approximate surface area is 105 Å². The van der Waals surface area contributed by atoms with E-state index in [-0.39, 0.29) is 30.2 Å². The molecule has 1 aromatic rings. The summed E-state index contributed by atoms with van der Waals surface area (Å²) in [7, 11) is 1.73. The highest BCUT2D eigenvalue weighted by atomic mass is 16.2. The maximum Gasteiger partial charge on any atom is 0.238 e. The maximum absolute atomic E-state index is 12.3. The van der Waals surface area contributed by atoms with Gasteiger partial charge in [0.05, 0.1) is 6.20 Å². The van der Waals surface area contributed by atoms with Crippen LogP contribution >= 0.6 is 0 Å². The number of hydrogen-bond acceptors (Lipinski definition) is 4. The molecule has 2 bridgehead atoms. The van der Waals surface area contributed by atoms with Crippen LogP contribution in [0.15, 0.2) is 6.20 Å². The van der Waals surface area contributed by atoms with Crippen molar-refractivity contribution in [3.63, 3.8) is 0 Å². The van der Waals surface area contributed by atoms with Gasteiger partial charge in [-0.1, -0.05) is 0 Å². The van der Waals surface area contributed by atoms with E-state index in [0.717, 1.165) is 18.4 Å². The van der Waals surface area contributed by atoms with E-state index in [1.165, 1.54) is 4.90 Å². The number of anilines is 1. The minimum Gasteiger partial charge on any atom is -0.326 e. The highest BCUT2D eigenvalue weighted by molar-refractivity contribution is 6.18. The SMILES string of the molecule is Cn1ncc(CN)c1N1C(=O)C2CCC(C2)C1=O. The molecule has 2 amide bonds. The smallest absolute Gasteiger partial charge is 0.238 e. The van der Waals surface area contributed by atoms with Crippen LogP contribution in [0, 0.1) is 11.8 Å². The highest BCUT2D eigenvalue weighted by Crippen LogP contribution is 2.40. The fourth-order valence-electron chi connectivity index (χ4n) is 3.02. The largest absolute Gasteiger partial charge is 0.326 e. The first-order valence-corrected chi connectivity index (χ1v) is 6.22. The van der Waals surface area contributed by atoms with Crippen LogP contribution in [-0.4, -0.2) is 21.6 Å². The van der Waals surface area contributed by atoms with Crippen molar-refractivity contribution in [2.45, 2.75) is 25.8 Å². The molecule has 6 nitrogen and oxygen atoms in total. The van der Waals surface area contributed by atoms with Crippen molar-refractivity contribution in [3.05, 3.63) is 11.8 Å². The summed E-state index contributed by atoms with van der Waals surface area (Å²) in [4.78, 5) is 26.0. The lowest BCUT2D eigenvalue weighted by Crippen LogP contribution is -2.47. The van der Waals surface area contributed by atoms with Gasteiger partial charge in [0.15, 0.2) is 0 Å². The van der Waals surface area contributed by atoms with Crippen LogP contribution in [0.4, 0.5) is 5.82 Å². The minimum atomic E-state index is -0.0907. The third-order valence-corrected chi connectivity index (χ3v) is 3.98. The van der Waals surface area contributed by atoms with Crippen LogP contribution in [-0.2, 0) is 23.2 Å². The first-order chi connectivity index (χ1) is 8.63. The number of carbonyl (C=O) groups is 2. The van der Waals surface area contributed by atoms with Crippen molar-refractivity contribution in [2.24, 2.45) is 24.6 Å². The minimum absolute atomic E-state index is 0.00627. The summed E-state index contributed by atoms with van der Waals surface area (Å²) in [5.74, 6) is 0.352. The number of carbonyl (C=O) groups excluding carboxylic acids is 2. The molecular formula is C12H16N4O2. The molecule has 1 saturated carbocycles. The molecule has 1 aliphatic carbocycles. The number of rotatable bonds is 2. The molecule has 0 spiro atoms. The van der Waals surface area contributed by atoms with Crippen molar-refractivity contribution in [1.29, 1.82) is 0 Å². The Morgan fingerprint density at radius 2 is 1.94 bits per heavy atom. The second-order valence-electron chi connectivity index (χ2n) is 5.04. The third-order valence-electron chi connectivity index (χ3n) is 3.98. The second kappa shape index (κ2) is 3.91. The second-order valence-corrected chi connectivity index (χ2v) is 5.04. The van der Waals surface area contributed by atoms with Crippen molar-refractivity contribution in [3.8, 4) is 0 Å². The van der Waals surface area contributed by atoms with Gasteiger partial charge in [-0.05, 0) is 19.3 Å². The Bertz CT molecular complexity index is 500. The van der Waals surface area contributed by atoms with Crippen LogP contribution < -0.4 is 10.6 Å². The Kier molecular flexibility index (Phi) is 2.48. The van der Waals surface area contributed by atoms with Crippen molar-refractivity contribution in [2.75, 3.05) is 4.90 Å². The number of nitrogens with two attached hydrogens (primary N) is 1. The van der Waals surface area contributed by atoms with Gasteiger partial charge in [-0.2, -0.15) is 5.10 Å². The molecule has 96 valence electrons. The summed E-state index contributed by atoms with van der Waals surface area (Å²) >= 11 is 0. The van der Waals surface area contributed by atoms with Crippen LogP contribution in [0.25, 0.3) is 0 Å². The molecule has 1 saturated heterocycles. The Hall–Kier alpha value is -1.69. The number of aromatic nitrogens is 2. The zero-order valence-corrected chi connectivity index (χ0v) is 10.3. The topological polar surface area (TPSA) is 81.2 Å². The Balaban J connectivity index is 2.07. The standard InChI is InChI=1S/C12H16N4O2/c1-15-10(9(5-13)6-14-15)16-11(17)7-2-3-8(4-7)12(16)18/h6-8H,2-5,13H2,1H3. The summed E-state index contributed by atoms with van der Waals surface area (Å²) in [5.41, 5.74) is 6.38. The average Bonchev–Trinajstić information content (AvgIpc) is 2.94. The number of amides is 2. The van der Waals surface area contributed by atoms with Crippen molar-refractivity contribution < 1.29 is 9.59 Å². The predicted molar refractivity (Wildman–Crippen MR) is 64.4 cm³/mol. The number of piperidine rings is 1. The molecule has 2 N–H and O–H groups in total. The highest BCUT2D eigenvalue weighted by Gasteiger charge is 2.47. The summed E-state index contributed by atoms with van der Waals surface area (Å²) in [6.07, 6.45) is 3.97. The molecular weight excluding hydrogens is 232 g/mol. The van der Waals surface area contributed by atoms with Crippen molar-refractivity contribution >= 4 is 17.6 Å². The van der Waals surface area contributed by atoms with Gasteiger partial charge in [-0.25, -0.2) is 4.90 Å². The van der Waals surface area contributed by atoms with Gasteiger partial charge in [0.2, 0.25) is 11.8 Å². The molecule has 0 radical (unpaired) electrons. The van der Waals surface area contributed by atoms with E-state index in [1.54, 1.807) is 17.9 Å². The fraction of sp³-hybridized carbons (Fsp3) is 0.583. The Morgan fingerprint density at radius 1 is 1.33 bits per heavy atom. The fourth-order valence-corrected chi connectivity index (χ4v) is 3.02. The summed E-state index contributed by atoms with van der Waals surface area (Å²) in [6, 6.07) is 0. The third kappa shape index (κ3) is 1.42. The maximum atomic E-state index is 12.3. The summed E-state index contributed by atoms with van der Waals surface area (Å²) in [5, 5.41) is 4.09. The van der Waals surface area contributed by atoms with Crippen LogP contribution in [0.5, 0.6) is 0 Å². The van der Waals surface area contributed by atoms with Gasteiger partial charge in [-0.3, -0.25) is 14.3 Å². The molecule has 3 rings (SSSR count). The molecule has 1 aliphatic heterocycles. The lowest BCUT2D eigenvalue weighted by Gasteiger charge is -2.30. The first kappa shape index (κ1) is 11.4. The first-order valence-electron chi connectivity index (χ1n) is 6.22. The van der Waals surface area contributed by atoms with E-state index in [0.29, 0.717) is 12.2 Å². The predicted octanol–water partition coefficient (Wildman–Crippen LogP) is 0.168. The molecule has 1 aromatic heterocycles.